The van der Waals surface area contributed by atoms with Crippen LogP contribution in [0.25, 0.3) is 0 Å². The van der Waals surface area contributed by atoms with E-state index in [1.54, 1.807) is 13.1 Å². The van der Waals surface area contributed by atoms with Crippen molar-refractivity contribution >= 4 is 6.03 Å². The summed E-state index contributed by atoms with van der Waals surface area (Å²) in [5.74, 6) is 0. The Balaban J connectivity index is 1.79. The van der Waals surface area contributed by atoms with Crippen LogP contribution in [0.4, 0.5) is 4.79 Å². The average molecular weight is 344 g/mol. The zero-order valence-electron chi connectivity index (χ0n) is 15.2. The fourth-order valence-electron chi connectivity index (χ4n) is 2.86. The van der Waals surface area contributed by atoms with Gasteiger partial charge in [0.1, 0.15) is 0 Å². The first-order valence-corrected chi connectivity index (χ1v) is 8.59. The Labute approximate surface area is 149 Å². The molecule has 1 atom stereocenters. The monoisotopic (exact) mass is 344 g/mol. The third-order valence-electron chi connectivity index (χ3n) is 3.92. The van der Waals surface area contributed by atoms with E-state index in [9.17, 15) is 9.90 Å². The third-order valence-corrected chi connectivity index (χ3v) is 3.92. The molecule has 1 heterocycles. The summed E-state index contributed by atoms with van der Waals surface area (Å²) in [5.41, 5.74) is 2.04. The summed E-state index contributed by atoms with van der Waals surface area (Å²) in [6.45, 7) is 7.51. The van der Waals surface area contributed by atoms with Crippen molar-refractivity contribution in [1.29, 1.82) is 0 Å². The van der Waals surface area contributed by atoms with Crippen LogP contribution in [0.3, 0.4) is 0 Å². The minimum absolute atomic E-state index is 0.144. The zero-order chi connectivity index (χ0) is 18.3. The molecule has 3 N–H and O–H groups in total. The molecular formula is C19H28N4O2. The van der Waals surface area contributed by atoms with Crippen molar-refractivity contribution in [2.24, 2.45) is 5.41 Å². The molecule has 0 bridgehead atoms. The number of nitrogens with one attached hydrogen (secondary N) is 2. The number of aliphatic hydroxyl groups is 1. The molecule has 25 heavy (non-hydrogen) atoms. The number of rotatable bonds is 8. The third kappa shape index (κ3) is 6.97. The van der Waals surface area contributed by atoms with E-state index < -0.39 is 0 Å². The molecule has 0 radical (unpaired) electrons. The second kappa shape index (κ2) is 8.67. The number of nitrogens with zero attached hydrogens (tertiary/aromatic N) is 2. The predicted octanol–water partition coefficient (Wildman–Crippen LogP) is 2.53. The number of carbonyl (C=O) groups is 1. The van der Waals surface area contributed by atoms with E-state index in [0.717, 1.165) is 11.1 Å². The molecule has 2 rings (SSSR count). The lowest BCUT2D eigenvalue weighted by Gasteiger charge is -2.26. The second-order valence-electron chi connectivity index (χ2n) is 7.28. The maximum Gasteiger partial charge on any atom is 0.315 e. The normalized spacial score (nSPS) is 12.6. The van der Waals surface area contributed by atoms with E-state index in [-0.39, 0.29) is 17.6 Å². The van der Waals surface area contributed by atoms with Gasteiger partial charge in [-0.05, 0) is 36.0 Å². The maximum atomic E-state index is 12.0. The van der Waals surface area contributed by atoms with Gasteiger partial charge in [0.15, 0.2) is 0 Å². The highest BCUT2D eigenvalue weighted by Crippen LogP contribution is 2.20. The van der Waals surface area contributed by atoms with Crippen LogP contribution in [-0.2, 0) is 13.1 Å². The molecule has 0 saturated heterocycles. The number of hydrogen-bond acceptors (Lipinski definition) is 3. The van der Waals surface area contributed by atoms with Gasteiger partial charge in [-0.25, -0.2) is 4.79 Å². The summed E-state index contributed by atoms with van der Waals surface area (Å²) < 4.78 is 1.86. The van der Waals surface area contributed by atoms with Gasteiger partial charge in [0, 0.05) is 25.5 Å². The van der Waals surface area contributed by atoms with Gasteiger partial charge in [0.05, 0.1) is 12.6 Å². The average Bonchev–Trinajstić information content (AvgIpc) is 3.03. The molecule has 1 unspecified atom stereocenters. The SMILES string of the molecule is CC(O)CC(C)(C)CNC(=O)NCc1cccc(Cn2cccn2)c1. The lowest BCUT2D eigenvalue weighted by atomic mass is 9.87. The molecule has 1 aromatic heterocycles. The minimum Gasteiger partial charge on any atom is -0.393 e. The number of urea groups is 1. The molecule has 6 heteroatoms. The highest BCUT2D eigenvalue weighted by molar-refractivity contribution is 5.73. The van der Waals surface area contributed by atoms with E-state index >= 15 is 0 Å². The van der Waals surface area contributed by atoms with Crippen LogP contribution in [0.15, 0.2) is 42.7 Å². The van der Waals surface area contributed by atoms with Crippen molar-refractivity contribution in [2.45, 2.75) is 46.4 Å². The molecule has 0 aliphatic carbocycles. The molecule has 0 spiro atoms. The summed E-state index contributed by atoms with van der Waals surface area (Å²) >= 11 is 0. The topological polar surface area (TPSA) is 79.2 Å². The van der Waals surface area contributed by atoms with Gasteiger partial charge in [0.2, 0.25) is 0 Å². The van der Waals surface area contributed by atoms with Crippen molar-refractivity contribution in [3.05, 3.63) is 53.9 Å². The Morgan fingerprint density at radius 1 is 1.28 bits per heavy atom. The van der Waals surface area contributed by atoms with Gasteiger partial charge in [-0.15, -0.1) is 0 Å². The van der Waals surface area contributed by atoms with E-state index in [2.05, 4.69) is 21.8 Å². The first-order chi connectivity index (χ1) is 11.8. The van der Waals surface area contributed by atoms with Crippen LogP contribution in [-0.4, -0.2) is 33.6 Å². The van der Waals surface area contributed by atoms with Crippen LogP contribution >= 0.6 is 0 Å². The van der Waals surface area contributed by atoms with Crippen LogP contribution in [0.1, 0.15) is 38.3 Å². The Kier molecular flexibility index (Phi) is 6.58. The Morgan fingerprint density at radius 2 is 2.04 bits per heavy atom. The fraction of sp³-hybridized carbons (Fsp3) is 0.474. The summed E-state index contributed by atoms with van der Waals surface area (Å²) in [6.07, 6.45) is 3.95. The van der Waals surface area contributed by atoms with Crippen molar-refractivity contribution in [2.75, 3.05) is 6.54 Å². The highest BCUT2D eigenvalue weighted by atomic mass is 16.3. The van der Waals surface area contributed by atoms with Gasteiger partial charge in [-0.1, -0.05) is 38.1 Å². The molecule has 2 amide bonds. The number of amides is 2. The molecule has 136 valence electrons. The summed E-state index contributed by atoms with van der Waals surface area (Å²) in [7, 11) is 0. The largest absolute Gasteiger partial charge is 0.393 e. The molecule has 0 saturated carbocycles. The van der Waals surface area contributed by atoms with Crippen molar-refractivity contribution in [3.63, 3.8) is 0 Å². The fourth-order valence-corrected chi connectivity index (χ4v) is 2.86. The van der Waals surface area contributed by atoms with Gasteiger partial charge in [-0.3, -0.25) is 4.68 Å². The van der Waals surface area contributed by atoms with E-state index in [4.69, 9.17) is 0 Å². The number of aromatic nitrogens is 2. The second-order valence-corrected chi connectivity index (χ2v) is 7.28. The first kappa shape index (κ1) is 19.0. The van der Waals surface area contributed by atoms with Crippen molar-refractivity contribution < 1.29 is 9.90 Å². The lowest BCUT2D eigenvalue weighted by Crippen LogP contribution is -2.41. The first-order valence-electron chi connectivity index (χ1n) is 8.59. The van der Waals surface area contributed by atoms with E-state index in [1.165, 1.54) is 0 Å². The molecule has 2 aromatic rings. The summed E-state index contributed by atoms with van der Waals surface area (Å²) in [6, 6.07) is 9.79. The van der Waals surface area contributed by atoms with Gasteiger partial charge < -0.3 is 15.7 Å². The molecule has 1 aromatic carbocycles. The minimum atomic E-state index is -0.377. The maximum absolute atomic E-state index is 12.0. The number of hydrogen-bond donors (Lipinski definition) is 3. The van der Waals surface area contributed by atoms with Crippen molar-refractivity contribution in [1.82, 2.24) is 20.4 Å². The number of carbonyl (C=O) groups excluding carboxylic acids is 1. The smallest absolute Gasteiger partial charge is 0.315 e. The van der Waals surface area contributed by atoms with E-state index in [1.807, 2.05) is 49.0 Å². The standard InChI is InChI=1S/C19H28N4O2/c1-15(24)11-19(2,3)14-21-18(25)20-12-16-6-4-7-17(10-16)13-23-9-5-8-22-23/h4-10,15,24H,11-14H2,1-3H3,(H2,20,21,25). The van der Waals surface area contributed by atoms with Crippen LogP contribution in [0, 0.1) is 5.41 Å². The molecule has 6 nitrogen and oxygen atoms in total. The summed E-state index contributed by atoms with van der Waals surface area (Å²) in [4.78, 5) is 12.0. The van der Waals surface area contributed by atoms with Gasteiger partial charge >= 0.3 is 6.03 Å². The number of benzene rings is 1. The zero-order valence-corrected chi connectivity index (χ0v) is 15.2. The van der Waals surface area contributed by atoms with Crippen LogP contribution < -0.4 is 10.6 Å². The molecular weight excluding hydrogens is 316 g/mol. The predicted molar refractivity (Wildman–Crippen MR) is 98.1 cm³/mol. The number of aliphatic hydroxyl groups excluding tert-OH is 1. The van der Waals surface area contributed by atoms with Crippen LogP contribution in [0.5, 0.6) is 0 Å². The Morgan fingerprint density at radius 3 is 2.72 bits per heavy atom. The van der Waals surface area contributed by atoms with Crippen molar-refractivity contribution in [3.8, 4) is 0 Å². The molecule has 0 aliphatic rings. The van der Waals surface area contributed by atoms with Gasteiger partial charge in [0.25, 0.3) is 0 Å². The molecule has 0 aliphatic heterocycles. The lowest BCUT2D eigenvalue weighted by molar-refractivity contribution is 0.129. The quantitative estimate of drug-likeness (QED) is 0.688. The Hall–Kier alpha value is -2.34. The van der Waals surface area contributed by atoms with Crippen LogP contribution in [0.2, 0.25) is 0 Å². The van der Waals surface area contributed by atoms with E-state index in [0.29, 0.717) is 26.1 Å². The molecule has 0 fully saturated rings. The highest BCUT2D eigenvalue weighted by Gasteiger charge is 2.20. The van der Waals surface area contributed by atoms with Gasteiger partial charge in [-0.2, -0.15) is 5.10 Å². The Bertz CT molecular complexity index is 666. The summed E-state index contributed by atoms with van der Waals surface area (Å²) in [5, 5.41) is 19.4.